The van der Waals surface area contributed by atoms with Gasteiger partial charge in [-0.1, -0.05) is 42.5 Å². The number of nitrogens with zero attached hydrogens (tertiary/aromatic N) is 1. The molecule has 0 bridgehead atoms. The van der Waals surface area contributed by atoms with Crippen molar-refractivity contribution in [3.05, 3.63) is 66.2 Å². The van der Waals surface area contributed by atoms with Crippen molar-refractivity contribution in [3.8, 4) is 5.75 Å². The summed E-state index contributed by atoms with van der Waals surface area (Å²) in [4.78, 5) is 0.280. The highest BCUT2D eigenvalue weighted by molar-refractivity contribution is 7.93. The SMILES string of the molecule is COc1ccccc1COC[C@H](O)CN1c2cccc3cccc(c23)S1(=O)=O. The van der Waals surface area contributed by atoms with Crippen LogP contribution in [-0.2, 0) is 21.4 Å². The van der Waals surface area contributed by atoms with E-state index in [1.807, 2.05) is 42.5 Å². The highest BCUT2D eigenvalue weighted by atomic mass is 32.2. The van der Waals surface area contributed by atoms with E-state index in [2.05, 4.69) is 0 Å². The summed E-state index contributed by atoms with van der Waals surface area (Å²) in [7, 11) is -2.10. The van der Waals surface area contributed by atoms with Crippen LogP contribution in [0, 0.1) is 0 Å². The van der Waals surface area contributed by atoms with E-state index in [1.54, 1.807) is 25.3 Å². The molecule has 0 saturated heterocycles. The predicted molar refractivity (Wildman–Crippen MR) is 107 cm³/mol. The molecule has 0 radical (unpaired) electrons. The summed E-state index contributed by atoms with van der Waals surface area (Å²) in [6.45, 7) is 0.210. The number of benzene rings is 3. The molecule has 1 aliphatic rings. The maximum Gasteiger partial charge on any atom is 0.265 e. The third-order valence-corrected chi connectivity index (χ3v) is 6.64. The fourth-order valence-corrected chi connectivity index (χ4v) is 5.27. The number of anilines is 1. The van der Waals surface area contributed by atoms with Gasteiger partial charge in [-0.25, -0.2) is 8.42 Å². The Bertz CT molecular complexity index is 1110. The van der Waals surface area contributed by atoms with Gasteiger partial charge in [0.25, 0.3) is 10.0 Å². The first kappa shape index (κ1) is 18.7. The maximum absolute atomic E-state index is 12.9. The number of rotatable bonds is 7. The lowest BCUT2D eigenvalue weighted by Gasteiger charge is -2.22. The molecular formula is C21H21NO5S. The van der Waals surface area contributed by atoms with Crippen LogP contribution in [0.5, 0.6) is 5.75 Å². The molecule has 0 fully saturated rings. The quantitative estimate of drug-likeness (QED) is 0.661. The average Bonchev–Trinajstić information content (AvgIpc) is 2.92. The fourth-order valence-electron chi connectivity index (χ4n) is 3.53. The molecular weight excluding hydrogens is 378 g/mol. The molecule has 1 aliphatic heterocycles. The molecule has 0 unspecified atom stereocenters. The number of ether oxygens (including phenoxy) is 2. The highest BCUT2D eigenvalue weighted by Crippen LogP contribution is 2.41. The molecule has 0 saturated carbocycles. The van der Waals surface area contributed by atoms with Crippen LogP contribution in [0.3, 0.4) is 0 Å². The van der Waals surface area contributed by atoms with Crippen molar-refractivity contribution in [2.24, 2.45) is 0 Å². The van der Waals surface area contributed by atoms with Crippen LogP contribution < -0.4 is 9.04 Å². The zero-order chi connectivity index (χ0) is 19.7. The van der Waals surface area contributed by atoms with Crippen molar-refractivity contribution in [1.29, 1.82) is 0 Å². The monoisotopic (exact) mass is 399 g/mol. The zero-order valence-electron chi connectivity index (χ0n) is 15.4. The van der Waals surface area contributed by atoms with Crippen molar-refractivity contribution in [2.45, 2.75) is 17.6 Å². The van der Waals surface area contributed by atoms with Gasteiger partial charge >= 0.3 is 0 Å². The Balaban J connectivity index is 1.47. The largest absolute Gasteiger partial charge is 0.496 e. The number of aliphatic hydroxyl groups is 1. The molecule has 4 rings (SSSR count). The molecule has 1 heterocycles. The van der Waals surface area contributed by atoms with Gasteiger partial charge in [-0.3, -0.25) is 4.31 Å². The van der Waals surface area contributed by atoms with E-state index in [1.165, 1.54) is 4.31 Å². The summed E-state index contributed by atoms with van der Waals surface area (Å²) in [5.74, 6) is 0.709. The van der Waals surface area contributed by atoms with Gasteiger partial charge in [0.05, 0.1) is 43.6 Å². The molecule has 1 atom stereocenters. The van der Waals surface area contributed by atoms with Gasteiger partial charge in [-0.2, -0.15) is 0 Å². The second kappa shape index (κ2) is 7.43. The maximum atomic E-state index is 12.9. The van der Waals surface area contributed by atoms with Crippen LogP contribution in [0.4, 0.5) is 5.69 Å². The molecule has 7 heteroatoms. The number of methoxy groups -OCH3 is 1. The van der Waals surface area contributed by atoms with E-state index in [0.29, 0.717) is 16.8 Å². The molecule has 0 aromatic heterocycles. The van der Waals surface area contributed by atoms with Gasteiger partial charge in [-0.05, 0) is 23.6 Å². The zero-order valence-corrected chi connectivity index (χ0v) is 16.2. The van der Waals surface area contributed by atoms with Crippen molar-refractivity contribution < 1.29 is 23.0 Å². The summed E-state index contributed by atoms with van der Waals surface area (Å²) >= 11 is 0. The topological polar surface area (TPSA) is 76.1 Å². The molecule has 3 aromatic rings. The third kappa shape index (κ3) is 3.22. The van der Waals surface area contributed by atoms with Gasteiger partial charge in [-0.15, -0.1) is 0 Å². The lowest BCUT2D eigenvalue weighted by Crippen LogP contribution is -2.37. The van der Waals surface area contributed by atoms with Gasteiger partial charge in [0.1, 0.15) is 5.75 Å². The molecule has 0 amide bonds. The van der Waals surface area contributed by atoms with Crippen LogP contribution in [0.2, 0.25) is 0 Å². The first-order valence-electron chi connectivity index (χ1n) is 8.94. The molecule has 6 nitrogen and oxygen atoms in total. The summed E-state index contributed by atoms with van der Waals surface area (Å²) in [5.41, 5.74) is 1.46. The Kier molecular flexibility index (Phi) is 4.97. The normalized spacial score (nSPS) is 15.7. The van der Waals surface area contributed by atoms with Gasteiger partial charge < -0.3 is 14.6 Å². The Morgan fingerprint density at radius 2 is 1.79 bits per heavy atom. The van der Waals surface area contributed by atoms with E-state index >= 15 is 0 Å². The fraction of sp³-hybridized carbons (Fsp3) is 0.238. The van der Waals surface area contributed by atoms with Crippen molar-refractivity contribution in [3.63, 3.8) is 0 Å². The van der Waals surface area contributed by atoms with E-state index in [-0.39, 0.29) is 24.7 Å². The summed E-state index contributed by atoms with van der Waals surface area (Å²) in [5, 5.41) is 12.0. The lowest BCUT2D eigenvalue weighted by atomic mass is 10.1. The standard InChI is InChI=1S/C21H21NO5S/c1-26-19-10-3-2-6-16(19)13-27-14-17(23)12-22-18-9-4-7-15-8-5-11-20(21(15)18)28(22,24)25/h2-11,17,23H,12-14H2,1H3/t17-/m1/s1. The summed E-state index contributed by atoms with van der Waals surface area (Å²) in [6, 6.07) is 18.2. The van der Waals surface area contributed by atoms with Crippen molar-refractivity contribution >= 4 is 26.5 Å². The van der Waals surface area contributed by atoms with Crippen LogP contribution in [0.1, 0.15) is 5.56 Å². The van der Waals surface area contributed by atoms with Gasteiger partial charge in [0.2, 0.25) is 0 Å². The predicted octanol–water partition coefficient (Wildman–Crippen LogP) is 2.93. The van der Waals surface area contributed by atoms with Gasteiger partial charge in [0, 0.05) is 10.9 Å². The van der Waals surface area contributed by atoms with Crippen LogP contribution in [0.15, 0.2) is 65.6 Å². The molecule has 3 aromatic carbocycles. The lowest BCUT2D eigenvalue weighted by molar-refractivity contribution is 0.0327. The first-order chi connectivity index (χ1) is 13.5. The van der Waals surface area contributed by atoms with Crippen molar-refractivity contribution in [1.82, 2.24) is 0 Å². The Morgan fingerprint density at radius 3 is 2.57 bits per heavy atom. The third-order valence-electron chi connectivity index (χ3n) is 4.82. The van der Waals surface area contributed by atoms with E-state index < -0.39 is 16.1 Å². The van der Waals surface area contributed by atoms with Crippen LogP contribution in [-0.4, -0.2) is 39.9 Å². The summed E-state index contributed by atoms with van der Waals surface area (Å²) in [6.07, 6.45) is -0.964. The van der Waals surface area contributed by atoms with Crippen molar-refractivity contribution in [2.75, 3.05) is 24.6 Å². The minimum Gasteiger partial charge on any atom is -0.496 e. The number of β-amino-alcohol motifs (C(OH)–C–C–N with tert-alkyl or cyclic N) is 1. The molecule has 146 valence electrons. The number of para-hydroxylation sites is 1. The van der Waals surface area contributed by atoms with E-state index in [0.717, 1.165) is 10.9 Å². The minimum absolute atomic E-state index is 0.0103. The van der Waals surface area contributed by atoms with Crippen LogP contribution >= 0.6 is 0 Å². The Morgan fingerprint density at radius 1 is 1.04 bits per heavy atom. The molecule has 0 spiro atoms. The summed E-state index contributed by atoms with van der Waals surface area (Å²) < 4.78 is 38.0. The number of sulfonamides is 1. The first-order valence-corrected chi connectivity index (χ1v) is 10.4. The highest BCUT2D eigenvalue weighted by Gasteiger charge is 2.36. The average molecular weight is 399 g/mol. The van der Waals surface area contributed by atoms with Crippen LogP contribution in [0.25, 0.3) is 10.8 Å². The number of hydrogen-bond donors (Lipinski definition) is 1. The number of aliphatic hydroxyl groups excluding tert-OH is 1. The molecule has 1 N–H and O–H groups in total. The Labute approximate surface area is 164 Å². The minimum atomic E-state index is -3.68. The second-order valence-electron chi connectivity index (χ2n) is 6.65. The van der Waals surface area contributed by atoms with E-state index in [9.17, 15) is 13.5 Å². The number of hydrogen-bond acceptors (Lipinski definition) is 5. The van der Waals surface area contributed by atoms with E-state index in [4.69, 9.17) is 9.47 Å². The second-order valence-corrected chi connectivity index (χ2v) is 8.48. The molecule has 0 aliphatic carbocycles. The van der Waals surface area contributed by atoms with Gasteiger partial charge in [0.15, 0.2) is 0 Å². The smallest absolute Gasteiger partial charge is 0.265 e. The molecule has 28 heavy (non-hydrogen) atoms. The Hall–Kier alpha value is -2.61.